The van der Waals surface area contributed by atoms with Crippen LogP contribution in [0.2, 0.25) is 0 Å². The molecule has 3 aromatic carbocycles. The van der Waals surface area contributed by atoms with Gasteiger partial charge in [-0.2, -0.15) is 0 Å². The third-order valence-electron chi connectivity index (χ3n) is 5.88. The first-order chi connectivity index (χ1) is 15.0. The number of carbonyl (C=O) groups is 1. The van der Waals surface area contributed by atoms with Gasteiger partial charge >= 0.3 is 5.97 Å². The quantitative estimate of drug-likeness (QED) is 0.325. The van der Waals surface area contributed by atoms with E-state index in [1.54, 1.807) is 0 Å². The number of aromatic nitrogens is 2. The lowest BCUT2D eigenvalue weighted by Gasteiger charge is -2.37. The average Bonchev–Trinajstić information content (AvgIpc) is 3.32. The van der Waals surface area contributed by atoms with Crippen LogP contribution in [0.1, 0.15) is 36.2 Å². The topological polar surface area (TPSA) is 44.1 Å². The Hall–Kier alpha value is -3.66. The van der Waals surface area contributed by atoms with E-state index in [0.29, 0.717) is 5.69 Å². The second-order valence-electron chi connectivity index (χ2n) is 8.09. The van der Waals surface area contributed by atoms with Crippen molar-refractivity contribution in [3.05, 3.63) is 126 Å². The number of nitrogens with zero attached hydrogens (tertiary/aromatic N) is 2. The zero-order valence-electron chi connectivity index (χ0n) is 18.0. The van der Waals surface area contributed by atoms with Gasteiger partial charge in [0.15, 0.2) is 0 Å². The van der Waals surface area contributed by atoms with E-state index in [1.165, 1.54) is 7.11 Å². The van der Waals surface area contributed by atoms with Crippen LogP contribution in [0.5, 0.6) is 0 Å². The smallest absolute Gasteiger partial charge is 0.317 e. The normalized spacial score (nSPS) is 11.8. The number of imidazole rings is 1. The Morgan fingerprint density at radius 3 is 1.58 bits per heavy atom. The molecule has 0 aliphatic carbocycles. The van der Waals surface area contributed by atoms with Gasteiger partial charge in [-0.25, -0.2) is 4.98 Å². The molecule has 0 aliphatic heterocycles. The molecular weight excluding hydrogens is 384 g/mol. The Morgan fingerprint density at radius 2 is 1.19 bits per heavy atom. The number of ether oxygens (including phenoxy) is 1. The molecule has 4 nitrogen and oxygen atoms in total. The van der Waals surface area contributed by atoms with Crippen molar-refractivity contribution in [1.82, 2.24) is 9.55 Å². The molecule has 1 aromatic heterocycles. The Kier molecular flexibility index (Phi) is 5.47. The lowest BCUT2D eigenvalue weighted by atomic mass is 9.76. The molecule has 4 aromatic rings. The maximum Gasteiger partial charge on any atom is 0.317 e. The van der Waals surface area contributed by atoms with E-state index in [9.17, 15) is 4.79 Å². The fourth-order valence-corrected chi connectivity index (χ4v) is 4.17. The van der Waals surface area contributed by atoms with Crippen molar-refractivity contribution in [3.63, 3.8) is 0 Å². The third kappa shape index (κ3) is 3.44. The lowest BCUT2D eigenvalue weighted by molar-refractivity contribution is -0.146. The van der Waals surface area contributed by atoms with Crippen LogP contribution < -0.4 is 0 Å². The Labute approximate surface area is 183 Å². The van der Waals surface area contributed by atoms with Crippen molar-refractivity contribution in [2.45, 2.75) is 24.8 Å². The second-order valence-corrected chi connectivity index (χ2v) is 8.09. The number of esters is 1. The molecule has 4 heteroatoms. The van der Waals surface area contributed by atoms with Gasteiger partial charge in [0.2, 0.25) is 0 Å². The molecule has 0 aliphatic rings. The number of methoxy groups -OCH3 is 1. The van der Waals surface area contributed by atoms with E-state index in [4.69, 9.17) is 4.74 Å². The van der Waals surface area contributed by atoms with Gasteiger partial charge in [-0.1, -0.05) is 91.0 Å². The predicted octanol–water partition coefficient (Wildman–Crippen LogP) is 5.17. The minimum Gasteiger partial charge on any atom is -0.468 e. The van der Waals surface area contributed by atoms with Gasteiger partial charge in [0.1, 0.15) is 11.0 Å². The summed E-state index contributed by atoms with van der Waals surface area (Å²) in [5.74, 6) is -0.317. The largest absolute Gasteiger partial charge is 0.468 e. The minimum atomic E-state index is -0.865. The highest BCUT2D eigenvalue weighted by Gasteiger charge is 2.40. The Bertz CT molecular complexity index is 1050. The minimum absolute atomic E-state index is 0.317. The maximum atomic E-state index is 12.4. The number of hydrogen-bond acceptors (Lipinski definition) is 3. The van der Waals surface area contributed by atoms with Crippen LogP contribution in [0.15, 0.2) is 104 Å². The average molecular weight is 411 g/mol. The summed E-state index contributed by atoms with van der Waals surface area (Å²) >= 11 is 0. The van der Waals surface area contributed by atoms with Crippen molar-refractivity contribution in [3.8, 4) is 0 Å². The van der Waals surface area contributed by atoms with Crippen LogP contribution in [-0.2, 0) is 20.5 Å². The van der Waals surface area contributed by atoms with E-state index in [2.05, 4.69) is 45.9 Å². The first-order valence-electron chi connectivity index (χ1n) is 10.3. The number of benzene rings is 3. The molecule has 0 saturated heterocycles. The highest BCUT2D eigenvalue weighted by molar-refractivity contribution is 5.81. The summed E-state index contributed by atoms with van der Waals surface area (Å²) in [5, 5.41) is 0. The summed E-state index contributed by atoms with van der Waals surface area (Å²) in [6.07, 6.45) is 3.77. The highest BCUT2D eigenvalue weighted by Crippen LogP contribution is 2.41. The number of carbonyl (C=O) groups excluding carboxylic acids is 1. The summed E-state index contributed by atoms with van der Waals surface area (Å²) < 4.78 is 7.13. The molecule has 156 valence electrons. The molecule has 0 atom stereocenters. The molecule has 0 spiro atoms. The van der Waals surface area contributed by atoms with E-state index >= 15 is 0 Å². The summed E-state index contributed by atoms with van der Waals surface area (Å²) in [6.45, 7) is 3.67. The molecule has 4 rings (SSSR count). The van der Waals surface area contributed by atoms with Gasteiger partial charge in [0.25, 0.3) is 0 Å². The van der Waals surface area contributed by atoms with E-state index < -0.39 is 11.0 Å². The van der Waals surface area contributed by atoms with Gasteiger partial charge in [-0.15, -0.1) is 0 Å². The Morgan fingerprint density at radius 1 is 0.774 bits per heavy atom. The van der Waals surface area contributed by atoms with Crippen molar-refractivity contribution in [2.75, 3.05) is 7.11 Å². The zero-order valence-corrected chi connectivity index (χ0v) is 18.0. The summed E-state index contributed by atoms with van der Waals surface area (Å²) in [4.78, 5) is 17.1. The van der Waals surface area contributed by atoms with Crippen molar-refractivity contribution in [2.24, 2.45) is 0 Å². The molecule has 0 amide bonds. The molecule has 1 heterocycles. The second kappa shape index (κ2) is 8.23. The summed E-state index contributed by atoms with van der Waals surface area (Å²) in [5.41, 5.74) is 2.45. The molecule has 0 N–H and O–H groups in total. The highest BCUT2D eigenvalue weighted by atomic mass is 16.5. The maximum absolute atomic E-state index is 12.4. The first kappa shape index (κ1) is 20.6. The molecule has 0 fully saturated rings. The number of rotatable bonds is 6. The zero-order chi connectivity index (χ0) is 21.9. The molecular formula is C27H26N2O2. The van der Waals surface area contributed by atoms with E-state index in [-0.39, 0.29) is 5.97 Å². The first-order valence-corrected chi connectivity index (χ1v) is 10.3. The predicted molar refractivity (Wildman–Crippen MR) is 122 cm³/mol. The van der Waals surface area contributed by atoms with Gasteiger partial charge in [-0.3, -0.25) is 4.79 Å². The molecule has 0 radical (unpaired) electrons. The third-order valence-corrected chi connectivity index (χ3v) is 5.88. The van der Waals surface area contributed by atoms with Crippen LogP contribution in [0.3, 0.4) is 0 Å². The SMILES string of the molecule is COC(=O)C(C)(C)c1cn(C(c2ccccc2)(c2ccccc2)c2ccccc2)cn1. The van der Waals surface area contributed by atoms with Gasteiger partial charge in [0, 0.05) is 6.20 Å². The van der Waals surface area contributed by atoms with Gasteiger partial charge in [-0.05, 0) is 30.5 Å². The van der Waals surface area contributed by atoms with Gasteiger partial charge in [0.05, 0.1) is 19.1 Å². The van der Waals surface area contributed by atoms with Crippen LogP contribution in [0.25, 0.3) is 0 Å². The standard InChI is InChI=1S/C27H26N2O2/c1-26(2,25(30)31-3)24-19-29(20-28-24)27(21-13-7-4-8-14-21,22-15-9-5-10-16-22)23-17-11-6-12-18-23/h4-20H,1-3H3. The fraction of sp³-hybridized carbons (Fsp3) is 0.185. The van der Waals surface area contributed by atoms with Crippen LogP contribution >= 0.6 is 0 Å². The van der Waals surface area contributed by atoms with Crippen LogP contribution in [0.4, 0.5) is 0 Å². The monoisotopic (exact) mass is 410 g/mol. The Balaban J connectivity index is 2.04. The van der Waals surface area contributed by atoms with E-state index in [1.807, 2.05) is 81.0 Å². The molecule has 0 unspecified atom stereocenters. The van der Waals surface area contributed by atoms with E-state index in [0.717, 1.165) is 16.7 Å². The molecule has 0 bridgehead atoms. The number of hydrogen-bond donors (Lipinski definition) is 0. The fourth-order valence-electron chi connectivity index (χ4n) is 4.17. The van der Waals surface area contributed by atoms with Crippen molar-refractivity contribution < 1.29 is 9.53 Å². The van der Waals surface area contributed by atoms with Crippen molar-refractivity contribution >= 4 is 5.97 Å². The summed E-state index contributed by atoms with van der Waals surface area (Å²) in [7, 11) is 1.41. The molecule has 31 heavy (non-hydrogen) atoms. The summed E-state index contributed by atoms with van der Waals surface area (Å²) in [6, 6.07) is 31.1. The van der Waals surface area contributed by atoms with Gasteiger partial charge < -0.3 is 9.30 Å². The van der Waals surface area contributed by atoms with Crippen LogP contribution in [-0.4, -0.2) is 22.6 Å². The van der Waals surface area contributed by atoms with Crippen molar-refractivity contribution in [1.29, 1.82) is 0 Å². The lowest BCUT2D eigenvalue weighted by Crippen LogP contribution is -2.37. The molecule has 0 saturated carbocycles. The van der Waals surface area contributed by atoms with Crippen LogP contribution in [0, 0.1) is 0 Å².